The van der Waals surface area contributed by atoms with Gasteiger partial charge in [0, 0.05) is 47.4 Å². The molecular weight excluding hydrogens is 457 g/mol. The van der Waals surface area contributed by atoms with E-state index in [0.29, 0.717) is 33.6 Å². The van der Waals surface area contributed by atoms with Crippen LogP contribution < -0.4 is 0 Å². The minimum Gasteiger partial charge on any atom is -0.472 e. The first-order valence-corrected chi connectivity index (χ1v) is 12.0. The average molecular weight is 480 g/mol. The number of aromatic amines is 2. The van der Waals surface area contributed by atoms with Gasteiger partial charge >= 0.3 is 0 Å². The standard InChI is InChI=1S/C27H22FN7O/c28-23-19(18-11-16(12-29-13-18)14-35-8-1-2-9-35)3-4-21-22(23)25(34-33-21)27-31-24-20(17-6-10-36-15-17)5-7-30-26(24)32-27/h3-7,10-13,15H,1-2,8-9,14H2,(H,33,34)(H,30,31,32). The number of imidazole rings is 1. The fourth-order valence-electron chi connectivity index (χ4n) is 5.07. The molecule has 5 aromatic heterocycles. The van der Waals surface area contributed by atoms with Gasteiger partial charge in [-0.1, -0.05) is 0 Å². The number of nitrogens with one attached hydrogen (secondary N) is 2. The third kappa shape index (κ3) is 3.47. The van der Waals surface area contributed by atoms with Crippen molar-refractivity contribution < 1.29 is 8.81 Å². The molecule has 1 fully saturated rings. The summed E-state index contributed by atoms with van der Waals surface area (Å²) in [5.41, 5.74) is 6.36. The first-order chi connectivity index (χ1) is 17.7. The molecule has 0 unspecified atom stereocenters. The lowest BCUT2D eigenvalue weighted by atomic mass is 10.0. The molecule has 1 aliphatic rings. The zero-order valence-corrected chi connectivity index (χ0v) is 19.3. The van der Waals surface area contributed by atoms with E-state index < -0.39 is 0 Å². The molecule has 178 valence electrons. The summed E-state index contributed by atoms with van der Waals surface area (Å²) in [7, 11) is 0. The van der Waals surface area contributed by atoms with Crippen molar-refractivity contribution in [2.24, 2.45) is 0 Å². The minimum atomic E-state index is -0.361. The average Bonchev–Trinajstić information content (AvgIpc) is 3.70. The van der Waals surface area contributed by atoms with Crippen LogP contribution in [0.2, 0.25) is 0 Å². The number of nitrogens with zero attached hydrogens (tertiary/aromatic N) is 5. The smallest absolute Gasteiger partial charge is 0.178 e. The van der Waals surface area contributed by atoms with Crippen LogP contribution in [0.15, 0.2) is 65.9 Å². The molecule has 0 aliphatic carbocycles. The number of benzene rings is 1. The molecule has 0 atom stereocenters. The molecule has 36 heavy (non-hydrogen) atoms. The van der Waals surface area contributed by atoms with Crippen LogP contribution in [0.4, 0.5) is 4.39 Å². The van der Waals surface area contributed by atoms with Crippen LogP contribution in [0, 0.1) is 5.82 Å². The molecular formula is C27H22FN7O. The number of hydrogen-bond acceptors (Lipinski definition) is 6. The summed E-state index contributed by atoms with van der Waals surface area (Å²) in [6.45, 7) is 3.02. The maximum atomic E-state index is 16.1. The van der Waals surface area contributed by atoms with Crippen LogP contribution in [-0.4, -0.2) is 48.1 Å². The molecule has 7 rings (SSSR count). The maximum Gasteiger partial charge on any atom is 0.178 e. The minimum absolute atomic E-state index is 0.361. The lowest BCUT2D eigenvalue weighted by Gasteiger charge is -2.15. The van der Waals surface area contributed by atoms with E-state index in [2.05, 4.69) is 35.0 Å². The van der Waals surface area contributed by atoms with E-state index in [9.17, 15) is 0 Å². The van der Waals surface area contributed by atoms with Gasteiger partial charge in [0.2, 0.25) is 0 Å². The predicted octanol–water partition coefficient (Wildman–Crippen LogP) is 5.56. The zero-order chi connectivity index (χ0) is 24.1. The third-order valence-electron chi connectivity index (χ3n) is 6.83. The van der Waals surface area contributed by atoms with Crippen LogP contribution in [-0.2, 0) is 6.54 Å². The van der Waals surface area contributed by atoms with Crippen molar-refractivity contribution in [2.75, 3.05) is 13.1 Å². The predicted molar refractivity (Wildman–Crippen MR) is 134 cm³/mol. The van der Waals surface area contributed by atoms with Crippen molar-refractivity contribution in [3.63, 3.8) is 0 Å². The Morgan fingerprint density at radius 3 is 2.81 bits per heavy atom. The Morgan fingerprint density at radius 2 is 1.94 bits per heavy atom. The van der Waals surface area contributed by atoms with Crippen LogP contribution in [0.3, 0.4) is 0 Å². The van der Waals surface area contributed by atoms with Gasteiger partial charge in [-0.15, -0.1) is 0 Å². The Bertz CT molecular complexity index is 1700. The van der Waals surface area contributed by atoms with E-state index in [1.54, 1.807) is 31.0 Å². The van der Waals surface area contributed by atoms with Crippen molar-refractivity contribution >= 4 is 22.1 Å². The molecule has 1 aromatic carbocycles. The number of aromatic nitrogens is 6. The monoisotopic (exact) mass is 479 g/mol. The Morgan fingerprint density at radius 1 is 1.03 bits per heavy atom. The highest BCUT2D eigenvalue weighted by Gasteiger charge is 2.21. The number of fused-ring (bicyclic) bond motifs is 2. The van der Waals surface area contributed by atoms with Gasteiger partial charge < -0.3 is 9.40 Å². The molecule has 9 heteroatoms. The van der Waals surface area contributed by atoms with Crippen molar-refractivity contribution in [2.45, 2.75) is 19.4 Å². The van der Waals surface area contributed by atoms with Gasteiger partial charge in [0.1, 0.15) is 11.5 Å². The molecule has 2 N–H and O–H groups in total. The highest BCUT2D eigenvalue weighted by molar-refractivity contribution is 5.97. The van der Waals surface area contributed by atoms with Crippen LogP contribution in [0.5, 0.6) is 0 Å². The van der Waals surface area contributed by atoms with E-state index in [4.69, 9.17) is 4.42 Å². The molecule has 1 aliphatic heterocycles. The topological polar surface area (TPSA) is 99.5 Å². The van der Waals surface area contributed by atoms with Crippen molar-refractivity contribution in [1.82, 2.24) is 35.0 Å². The van der Waals surface area contributed by atoms with Crippen LogP contribution in [0.1, 0.15) is 18.4 Å². The Kier molecular flexibility index (Phi) is 4.88. The number of rotatable bonds is 5. The summed E-state index contributed by atoms with van der Waals surface area (Å²) in [6, 6.07) is 9.40. The molecule has 8 nitrogen and oxygen atoms in total. The molecule has 1 saturated heterocycles. The molecule has 6 aromatic rings. The van der Waals surface area contributed by atoms with E-state index in [1.807, 2.05) is 30.5 Å². The highest BCUT2D eigenvalue weighted by Crippen LogP contribution is 2.35. The van der Waals surface area contributed by atoms with Crippen molar-refractivity contribution in [3.05, 3.63) is 72.8 Å². The molecule has 0 bridgehead atoms. The zero-order valence-electron chi connectivity index (χ0n) is 19.3. The lowest BCUT2D eigenvalue weighted by molar-refractivity contribution is 0.331. The van der Waals surface area contributed by atoms with E-state index in [-0.39, 0.29) is 5.82 Å². The summed E-state index contributed by atoms with van der Waals surface area (Å²) in [5, 5.41) is 7.73. The van der Waals surface area contributed by atoms with E-state index in [0.717, 1.165) is 47.4 Å². The van der Waals surface area contributed by atoms with Crippen molar-refractivity contribution in [3.8, 4) is 33.8 Å². The number of pyridine rings is 2. The van der Waals surface area contributed by atoms with E-state index >= 15 is 4.39 Å². The molecule has 6 heterocycles. The van der Waals surface area contributed by atoms with Gasteiger partial charge in [-0.3, -0.25) is 15.0 Å². The maximum absolute atomic E-state index is 16.1. The lowest BCUT2D eigenvalue weighted by Crippen LogP contribution is -2.18. The van der Waals surface area contributed by atoms with Gasteiger partial charge in [-0.25, -0.2) is 14.4 Å². The number of furan rings is 1. The summed E-state index contributed by atoms with van der Waals surface area (Å²) < 4.78 is 21.3. The largest absolute Gasteiger partial charge is 0.472 e. The van der Waals surface area contributed by atoms with Gasteiger partial charge in [-0.2, -0.15) is 5.10 Å². The second-order valence-electron chi connectivity index (χ2n) is 9.14. The Balaban J connectivity index is 1.32. The molecule has 0 spiro atoms. The van der Waals surface area contributed by atoms with Gasteiger partial charge in [0.15, 0.2) is 11.5 Å². The van der Waals surface area contributed by atoms with Crippen LogP contribution >= 0.6 is 0 Å². The SMILES string of the molecule is Fc1c(-c2cncc(CN3CCCC3)c2)ccc2[nH]nc(-c3nc4nccc(-c5ccoc5)c4[nH]3)c12. The fraction of sp³-hybridized carbons (Fsp3) is 0.185. The summed E-state index contributed by atoms with van der Waals surface area (Å²) in [4.78, 5) is 19.1. The van der Waals surface area contributed by atoms with Crippen LogP contribution in [0.25, 0.3) is 55.8 Å². The number of likely N-dealkylation sites (tertiary alicyclic amines) is 1. The number of hydrogen-bond donors (Lipinski definition) is 2. The first-order valence-electron chi connectivity index (χ1n) is 12.0. The van der Waals surface area contributed by atoms with Gasteiger partial charge in [-0.05, 0) is 61.8 Å². The fourth-order valence-corrected chi connectivity index (χ4v) is 5.07. The summed E-state index contributed by atoms with van der Waals surface area (Å²) in [6.07, 6.45) is 11.0. The van der Waals surface area contributed by atoms with E-state index in [1.165, 1.54) is 12.8 Å². The first kappa shape index (κ1) is 21.0. The second-order valence-corrected chi connectivity index (χ2v) is 9.14. The molecule has 0 radical (unpaired) electrons. The van der Waals surface area contributed by atoms with Gasteiger partial charge in [0.25, 0.3) is 0 Å². The normalized spacial score (nSPS) is 14.4. The molecule has 0 amide bonds. The second kappa shape index (κ2) is 8.39. The van der Waals surface area contributed by atoms with Crippen molar-refractivity contribution in [1.29, 1.82) is 0 Å². The van der Waals surface area contributed by atoms with Gasteiger partial charge in [0.05, 0.1) is 28.9 Å². The third-order valence-corrected chi connectivity index (χ3v) is 6.83. The highest BCUT2D eigenvalue weighted by atomic mass is 19.1. The molecule has 0 saturated carbocycles. The number of halogens is 1. The Hall–Kier alpha value is -4.37. The summed E-state index contributed by atoms with van der Waals surface area (Å²) in [5.74, 6) is 0.0801. The summed E-state index contributed by atoms with van der Waals surface area (Å²) >= 11 is 0. The number of H-pyrrole nitrogens is 2. The quantitative estimate of drug-likeness (QED) is 0.336. The Labute approximate surface area is 205 Å².